The summed E-state index contributed by atoms with van der Waals surface area (Å²) >= 11 is 3.05. The van der Waals surface area contributed by atoms with E-state index < -0.39 is 16.8 Å². The van der Waals surface area contributed by atoms with E-state index in [1.54, 1.807) is 6.07 Å². The highest BCUT2D eigenvalue weighted by molar-refractivity contribution is 9.10. The van der Waals surface area contributed by atoms with Crippen LogP contribution in [0.25, 0.3) is 0 Å². The predicted octanol–water partition coefficient (Wildman–Crippen LogP) is 1.64. The molecular formula is C7H5BrFO3S. The summed E-state index contributed by atoms with van der Waals surface area (Å²) in [4.78, 5) is 0. The van der Waals surface area contributed by atoms with Crippen LogP contribution in [0.15, 0.2) is 22.7 Å². The number of halogens is 2. The van der Waals surface area contributed by atoms with Crippen molar-refractivity contribution >= 4 is 26.9 Å². The van der Waals surface area contributed by atoms with E-state index in [2.05, 4.69) is 20.1 Å². The molecule has 1 radical (unpaired) electrons. The van der Waals surface area contributed by atoms with Crippen molar-refractivity contribution in [2.45, 2.75) is 0 Å². The lowest BCUT2D eigenvalue weighted by Gasteiger charge is -2.01. The van der Waals surface area contributed by atoms with Gasteiger partial charge in [-0.15, -0.1) is 0 Å². The smallest absolute Gasteiger partial charge is 0.257 e. The van der Waals surface area contributed by atoms with Crippen LogP contribution in [0.4, 0.5) is 4.39 Å². The quantitative estimate of drug-likeness (QED) is 0.847. The topological polar surface area (TPSA) is 43.4 Å². The molecule has 1 rings (SSSR count). The van der Waals surface area contributed by atoms with Crippen LogP contribution in [-0.2, 0) is 15.2 Å². The summed E-state index contributed by atoms with van der Waals surface area (Å²) in [5, 5.41) is 0. The normalized spacial score (nSPS) is 10.7. The second kappa shape index (κ2) is 4.69. The first-order valence-electron chi connectivity index (χ1n) is 3.19. The third kappa shape index (κ3) is 3.06. The monoisotopic (exact) mass is 267 g/mol. The van der Waals surface area contributed by atoms with Crippen LogP contribution in [-0.4, -0.2) is 8.42 Å². The summed E-state index contributed by atoms with van der Waals surface area (Å²) in [5.41, 5.74) is 0.0710. The Bertz CT molecular complexity index is 350. The van der Waals surface area contributed by atoms with Gasteiger partial charge in [-0.25, -0.2) is 12.8 Å². The van der Waals surface area contributed by atoms with E-state index in [1.165, 1.54) is 12.1 Å². The summed E-state index contributed by atoms with van der Waals surface area (Å²) in [6.07, 6.45) is 0. The lowest BCUT2D eigenvalue weighted by molar-refractivity contribution is 0.423. The molecule has 0 heterocycles. The van der Waals surface area contributed by atoms with Crippen LogP contribution in [0.1, 0.15) is 5.56 Å². The highest BCUT2D eigenvalue weighted by Gasteiger charge is 2.07. The number of rotatable bonds is 3. The van der Waals surface area contributed by atoms with Gasteiger partial charge in [0, 0.05) is 10.0 Å². The number of hydrogen-bond donors (Lipinski definition) is 1. The van der Waals surface area contributed by atoms with Gasteiger partial charge in [-0.1, -0.05) is 22.0 Å². The van der Waals surface area contributed by atoms with Gasteiger partial charge in [-0.05, 0) is 12.1 Å². The zero-order valence-electron chi connectivity index (χ0n) is 6.24. The second-order valence-corrected chi connectivity index (χ2v) is 3.59. The maximum absolute atomic E-state index is 13.0. The van der Waals surface area contributed by atoms with Crippen molar-refractivity contribution in [2.75, 3.05) is 0 Å². The average molecular weight is 268 g/mol. The van der Waals surface area contributed by atoms with Crippen molar-refractivity contribution in [1.29, 1.82) is 0 Å². The summed E-state index contributed by atoms with van der Waals surface area (Å²) in [6.45, 7) is 0.838. The molecule has 71 valence electrons. The highest BCUT2D eigenvalue weighted by Crippen LogP contribution is 2.21. The Hall–Kier alpha value is -0.460. The van der Waals surface area contributed by atoms with Crippen LogP contribution < -0.4 is 0 Å². The molecule has 0 aliphatic heterocycles. The molecule has 6 heteroatoms. The van der Waals surface area contributed by atoms with E-state index in [4.69, 9.17) is 0 Å². The van der Waals surface area contributed by atoms with Crippen molar-refractivity contribution < 1.29 is 17.0 Å². The third-order valence-electron chi connectivity index (χ3n) is 1.26. The van der Waals surface area contributed by atoms with Crippen LogP contribution in [0.2, 0.25) is 0 Å². The van der Waals surface area contributed by atoms with Crippen molar-refractivity contribution in [3.63, 3.8) is 0 Å². The molecule has 0 amide bonds. The van der Waals surface area contributed by atoms with Crippen LogP contribution in [0.3, 0.4) is 0 Å². The van der Waals surface area contributed by atoms with Gasteiger partial charge in [0.05, 0.1) is 0 Å². The lowest BCUT2D eigenvalue weighted by Crippen LogP contribution is -1.93. The molecule has 1 aromatic carbocycles. The molecule has 0 saturated heterocycles. The van der Waals surface area contributed by atoms with Crippen LogP contribution in [0.5, 0.6) is 0 Å². The molecule has 1 aromatic rings. The van der Waals surface area contributed by atoms with Gasteiger partial charge < -0.3 is 0 Å². The minimum atomic E-state index is -2.99. The fraction of sp³-hybridized carbons (Fsp3) is 0. The highest BCUT2D eigenvalue weighted by atomic mass is 79.9. The largest absolute Gasteiger partial charge is 0.261 e. The van der Waals surface area contributed by atoms with Gasteiger partial charge in [0.1, 0.15) is 12.4 Å². The first kappa shape index (κ1) is 10.6. The molecule has 0 aromatic heterocycles. The Morgan fingerprint density at radius 3 is 2.69 bits per heavy atom. The number of benzene rings is 1. The first-order valence-corrected chi connectivity index (χ1v) is 5.08. The molecule has 0 saturated carbocycles. The van der Waals surface area contributed by atoms with E-state index in [0.717, 1.165) is 6.61 Å². The van der Waals surface area contributed by atoms with Crippen LogP contribution in [0, 0.1) is 12.4 Å². The third-order valence-corrected chi connectivity index (χ3v) is 2.23. The Morgan fingerprint density at radius 1 is 1.46 bits per heavy atom. The minimum absolute atomic E-state index is 0.0710. The molecule has 0 N–H and O–H groups in total. The zero-order chi connectivity index (χ0) is 9.84. The van der Waals surface area contributed by atoms with Crippen LogP contribution >= 0.6 is 15.9 Å². The zero-order valence-corrected chi connectivity index (χ0v) is 8.72. The Balaban J connectivity index is 2.87. The molecule has 3 nitrogen and oxygen atoms in total. The molecule has 0 bridgehead atoms. The fourth-order valence-corrected chi connectivity index (χ4v) is 1.35. The summed E-state index contributed by atoms with van der Waals surface area (Å²) in [5.74, 6) is -0.550. The number of hydrogen-bond acceptors (Lipinski definition) is 3. The van der Waals surface area contributed by atoms with E-state index in [0.29, 0.717) is 4.47 Å². The Labute approximate surface area is 84.8 Å². The molecule has 0 unspecified atom stereocenters. The van der Waals surface area contributed by atoms with Gasteiger partial charge in [0.15, 0.2) is 0 Å². The molecule has 0 spiro atoms. The minimum Gasteiger partial charge on any atom is -0.261 e. The van der Waals surface area contributed by atoms with Crippen molar-refractivity contribution in [2.24, 2.45) is 0 Å². The maximum atomic E-state index is 13.0. The second-order valence-electron chi connectivity index (χ2n) is 2.08. The maximum Gasteiger partial charge on any atom is 0.257 e. The Morgan fingerprint density at radius 2 is 2.15 bits per heavy atom. The molecular weight excluding hydrogens is 263 g/mol. The number of thiol groups is 1. The van der Waals surface area contributed by atoms with Crippen molar-refractivity contribution in [3.8, 4) is 0 Å². The molecule has 0 aliphatic carbocycles. The van der Waals surface area contributed by atoms with Gasteiger partial charge in [0.25, 0.3) is 11.0 Å². The molecule has 13 heavy (non-hydrogen) atoms. The van der Waals surface area contributed by atoms with E-state index in [9.17, 15) is 12.8 Å². The summed E-state index contributed by atoms with van der Waals surface area (Å²) in [6, 6.07) is 4.28. The van der Waals surface area contributed by atoms with Gasteiger partial charge in [-0.2, -0.15) is 0 Å². The van der Waals surface area contributed by atoms with E-state index >= 15 is 0 Å². The standard InChI is InChI=1S/C7H5BrFO3S/c8-6-2-1-3-7(9)5(6)4-12-13(10)11/h1-4,13H. The molecule has 0 atom stereocenters. The summed E-state index contributed by atoms with van der Waals surface area (Å²) < 4.78 is 37.6. The van der Waals surface area contributed by atoms with E-state index in [1.807, 2.05) is 0 Å². The fourth-order valence-electron chi connectivity index (χ4n) is 0.719. The van der Waals surface area contributed by atoms with Gasteiger partial charge in [0.2, 0.25) is 0 Å². The predicted molar refractivity (Wildman–Crippen MR) is 48.9 cm³/mol. The first-order chi connectivity index (χ1) is 6.11. The van der Waals surface area contributed by atoms with E-state index in [-0.39, 0.29) is 5.56 Å². The molecule has 0 aliphatic rings. The van der Waals surface area contributed by atoms with Gasteiger partial charge in [-0.3, -0.25) is 4.18 Å². The summed E-state index contributed by atoms with van der Waals surface area (Å²) in [7, 11) is -2.99. The average Bonchev–Trinajstić information content (AvgIpc) is 2.03. The SMILES string of the molecule is O=[SH](=O)O[CH]c1c(F)cccc1Br. The molecule has 0 fully saturated rings. The van der Waals surface area contributed by atoms with Crippen molar-refractivity contribution in [1.82, 2.24) is 0 Å². The van der Waals surface area contributed by atoms with Crippen molar-refractivity contribution in [3.05, 3.63) is 40.7 Å². The van der Waals surface area contributed by atoms with Gasteiger partial charge >= 0.3 is 0 Å². The Kier molecular flexibility index (Phi) is 3.83. The lowest BCUT2D eigenvalue weighted by atomic mass is 10.2.